The van der Waals surface area contributed by atoms with Gasteiger partial charge in [-0.1, -0.05) is 54.9 Å². The van der Waals surface area contributed by atoms with Crippen molar-refractivity contribution in [1.29, 1.82) is 0 Å². The monoisotopic (exact) mass is 336 g/mol. The molecule has 0 saturated heterocycles. The van der Waals surface area contributed by atoms with E-state index in [-0.39, 0.29) is 16.6 Å². The van der Waals surface area contributed by atoms with Crippen LogP contribution in [0.15, 0.2) is 12.1 Å². The van der Waals surface area contributed by atoms with E-state index < -0.39 is 12.1 Å². The lowest BCUT2D eigenvalue weighted by molar-refractivity contribution is -0.145. The molecule has 1 aromatic carbocycles. The van der Waals surface area contributed by atoms with E-state index in [2.05, 4.69) is 0 Å². The van der Waals surface area contributed by atoms with Crippen molar-refractivity contribution in [3.05, 3.63) is 23.3 Å². The van der Waals surface area contributed by atoms with E-state index in [4.69, 9.17) is 4.74 Å². The maximum absolute atomic E-state index is 11.5. The van der Waals surface area contributed by atoms with E-state index in [0.717, 1.165) is 24.0 Å². The van der Waals surface area contributed by atoms with Gasteiger partial charge in [0.05, 0.1) is 0 Å². The summed E-state index contributed by atoms with van der Waals surface area (Å²) in [4.78, 5) is 11.5. The van der Waals surface area contributed by atoms with Crippen LogP contribution in [0.2, 0.25) is 0 Å². The Morgan fingerprint density at radius 3 is 1.88 bits per heavy atom. The third kappa shape index (κ3) is 5.15. The Morgan fingerprint density at radius 1 is 1.08 bits per heavy atom. The van der Waals surface area contributed by atoms with Crippen molar-refractivity contribution >= 4 is 5.97 Å². The second-order valence-corrected chi connectivity index (χ2v) is 8.45. The first-order chi connectivity index (χ1) is 10.9. The van der Waals surface area contributed by atoms with Gasteiger partial charge in [-0.25, -0.2) is 4.79 Å². The summed E-state index contributed by atoms with van der Waals surface area (Å²) in [6.45, 7) is 14.1. The first kappa shape index (κ1) is 20.3. The van der Waals surface area contributed by atoms with Crippen molar-refractivity contribution in [3.63, 3.8) is 0 Å². The van der Waals surface area contributed by atoms with Crippen molar-refractivity contribution in [2.45, 2.75) is 84.7 Å². The number of unbranched alkanes of at least 4 members (excludes halogenated alkanes) is 1. The van der Waals surface area contributed by atoms with E-state index in [1.165, 1.54) is 0 Å². The summed E-state index contributed by atoms with van der Waals surface area (Å²) in [6, 6.07) is 3.54. The predicted molar refractivity (Wildman–Crippen MR) is 97.1 cm³/mol. The number of phenols is 1. The molecule has 0 saturated carbocycles. The zero-order valence-corrected chi connectivity index (χ0v) is 16.1. The molecule has 4 nitrogen and oxygen atoms in total. The topological polar surface area (TPSA) is 66.8 Å². The van der Waals surface area contributed by atoms with Gasteiger partial charge in [-0.05, 0) is 35.8 Å². The minimum absolute atomic E-state index is 0.266. The van der Waals surface area contributed by atoms with Gasteiger partial charge in [0.1, 0.15) is 11.5 Å². The predicted octanol–water partition coefficient (Wildman–Crippen LogP) is 5.01. The molecule has 0 aliphatic rings. The molecular formula is C20H32O4. The van der Waals surface area contributed by atoms with Crippen LogP contribution in [0, 0.1) is 0 Å². The van der Waals surface area contributed by atoms with Crippen LogP contribution in [0.5, 0.6) is 11.5 Å². The van der Waals surface area contributed by atoms with Gasteiger partial charge in [0.25, 0.3) is 0 Å². The maximum Gasteiger partial charge on any atom is 0.344 e. The number of hydrogen-bond acceptors (Lipinski definition) is 3. The smallest absolute Gasteiger partial charge is 0.344 e. The lowest BCUT2D eigenvalue weighted by atomic mass is 9.79. The molecule has 0 spiro atoms. The second kappa shape index (κ2) is 7.45. The van der Waals surface area contributed by atoms with Crippen LogP contribution < -0.4 is 4.74 Å². The first-order valence-corrected chi connectivity index (χ1v) is 8.65. The first-order valence-electron chi connectivity index (χ1n) is 8.65. The third-order valence-electron chi connectivity index (χ3n) is 4.07. The number of aromatic hydroxyl groups is 1. The van der Waals surface area contributed by atoms with Crippen LogP contribution in [-0.4, -0.2) is 22.3 Å². The molecule has 0 radical (unpaired) electrons. The number of carbonyl (C=O) groups is 1. The number of carboxylic acids is 1. The largest absolute Gasteiger partial charge is 0.507 e. The fourth-order valence-electron chi connectivity index (χ4n) is 2.61. The number of benzene rings is 1. The molecule has 1 atom stereocenters. The third-order valence-corrected chi connectivity index (χ3v) is 4.07. The molecule has 0 fully saturated rings. The van der Waals surface area contributed by atoms with Crippen LogP contribution in [-0.2, 0) is 15.6 Å². The maximum atomic E-state index is 11.5. The molecule has 4 heteroatoms. The number of hydrogen-bond donors (Lipinski definition) is 2. The highest BCUT2D eigenvalue weighted by atomic mass is 16.5. The van der Waals surface area contributed by atoms with Crippen molar-refractivity contribution in [2.24, 2.45) is 0 Å². The highest BCUT2D eigenvalue weighted by Crippen LogP contribution is 2.41. The molecule has 0 amide bonds. The van der Waals surface area contributed by atoms with Gasteiger partial charge in [0.2, 0.25) is 0 Å². The van der Waals surface area contributed by atoms with Crippen LogP contribution in [0.4, 0.5) is 0 Å². The summed E-state index contributed by atoms with van der Waals surface area (Å²) in [5.41, 5.74) is 0.992. The van der Waals surface area contributed by atoms with Gasteiger partial charge in [-0.2, -0.15) is 0 Å². The lowest BCUT2D eigenvalue weighted by Gasteiger charge is -2.28. The number of carboxylic acid groups (broad SMARTS) is 1. The SMILES string of the molecule is CCCC[C@H](Oc1cc(C(C)(C)C)c(O)c(C(C)(C)C)c1)C(=O)O. The van der Waals surface area contributed by atoms with Gasteiger partial charge in [-0.3, -0.25) is 0 Å². The van der Waals surface area contributed by atoms with E-state index >= 15 is 0 Å². The molecule has 2 N–H and O–H groups in total. The molecule has 0 bridgehead atoms. The fraction of sp³-hybridized carbons (Fsp3) is 0.650. The number of ether oxygens (including phenoxy) is 1. The molecule has 0 aromatic heterocycles. The Labute approximate surface area is 145 Å². The van der Waals surface area contributed by atoms with E-state index in [0.29, 0.717) is 12.2 Å². The van der Waals surface area contributed by atoms with Crippen LogP contribution in [0.3, 0.4) is 0 Å². The van der Waals surface area contributed by atoms with Crippen molar-refractivity contribution in [1.82, 2.24) is 0 Å². The van der Waals surface area contributed by atoms with E-state index in [1.54, 1.807) is 12.1 Å². The quantitative estimate of drug-likeness (QED) is 0.766. The zero-order valence-electron chi connectivity index (χ0n) is 16.1. The number of rotatable bonds is 6. The van der Waals surface area contributed by atoms with E-state index in [1.807, 2.05) is 48.5 Å². The Bertz CT molecular complexity index is 541. The summed E-state index contributed by atoms with van der Waals surface area (Å²) < 4.78 is 5.79. The van der Waals surface area contributed by atoms with Gasteiger partial charge in [0, 0.05) is 11.1 Å². The average Bonchev–Trinajstić information content (AvgIpc) is 2.41. The molecule has 0 unspecified atom stereocenters. The van der Waals surface area contributed by atoms with Crippen molar-refractivity contribution in [3.8, 4) is 11.5 Å². The average molecular weight is 336 g/mol. The fourth-order valence-corrected chi connectivity index (χ4v) is 2.61. The Hall–Kier alpha value is -1.71. The van der Waals surface area contributed by atoms with Gasteiger partial charge < -0.3 is 14.9 Å². The number of phenolic OH excluding ortho intramolecular Hbond substituents is 1. The summed E-state index contributed by atoms with van der Waals surface area (Å²) in [7, 11) is 0. The second-order valence-electron chi connectivity index (χ2n) is 8.45. The Morgan fingerprint density at radius 2 is 1.54 bits per heavy atom. The summed E-state index contributed by atoms with van der Waals surface area (Å²) in [6.07, 6.45) is 1.33. The van der Waals surface area contributed by atoms with Gasteiger partial charge >= 0.3 is 5.97 Å². The van der Waals surface area contributed by atoms with Gasteiger partial charge in [0.15, 0.2) is 6.10 Å². The highest BCUT2D eigenvalue weighted by Gasteiger charge is 2.28. The molecule has 0 heterocycles. The summed E-state index contributed by atoms with van der Waals surface area (Å²) >= 11 is 0. The molecule has 1 rings (SSSR count). The van der Waals surface area contributed by atoms with Crippen LogP contribution >= 0.6 is 0 Å². The summed E-state index contributed by atoms with van der Waals surface area (Å²) in [5, 5.41) is 20.1. The Balaban J connectivity index is 3.35. The molecule has 24 heavy (non-hydrogen) atoms. The van der Waals surface area contributed by atoms with Crippen LogP contribution in [0.25, 0.3) is 0 Å². The van der Waals surface area contributed by atoms with Crippen LogP contribution in [0.1, 0.15) is 78.9 Å². The molecule has 0 aliphatic heterocycles. The van der Waals surface area contributed by atoms with E-state index in [9.17, 15) is 15.0 Å². The minimum Gasteiger partial charge on any atom is -0.507 e. The molecule has 0 aliphatic carbocycles. The number of aliphatic carboxylic acids is 1. The minimum atomic E-state index is -0.953. The lowest BCUT2D eigenvalue weighted by Crippen LogP contribution is -2.27. The van der Waals surface area contributed by atoms with Gasteiger partial charge in [-0.15, -0.1) is 0 Å². The van der Waals surface area contributed by atoms with Crippen molar-refractivity contribution < 1.29 is 19.7 Å². The highest BCUT2D eigenvalue weighted by molar-refractivity contribution is 5.72. The molecule has 136 valence electrons. The van der Waals surface area contributed by atoms with Crippen molar-refractivity contribution in [2.75, 3.05) is 0 Å². The Kier molecular flexibility index (Phi) is 6.32. The zero-order chi connectivity index (χ0) is 18.7. The summed E-state index contributed by atoms with van der Waals surface area (Å²) in [5.74, 6) is -0.180. The molecule has 1 aromatic rings. The normalized spacial score (nSPS) is 13.6. The standard InChI is InChI=1S/C20H32O4/c1-8-9-10-16(18(22)23)24-13-11-14(19(2,3)4)17(21)15(12-13)20(5,6)7/h11-12,16,21H,8-10H2,1-7H3,(H,22,23)/t16-/m0/s1. The molecular weight excluding hydrogens is 304 g/mol.